The van der Waals surface area contributed by atoms with Gasteiger partial charge in [-0.3, -0.25) is 0 Å². The van der Waals surface area contributed by atoms with Gasteiger partial charge in [-0.15, -0.1) is 0 Å². The van der Waals surface area contributed by atoms with Crippen molar-refractivity contribution in [1.29, 1.82) is 0 Å². The molecule has 0 aromatic carbocycles. The molecule has 2 heterocycles. The molecule has 116 valence electrons. The highest BCUT2D eigenvalue weighted by Gasteiger charge is 2.37. The van der Waals surface area contributed by atoms with Gasteiger partial charge in [-0.05, 0) is 38.5 Å². The minimum absolute atomic E-state index is 0.0628. The highest BCUT2D eigenvalue weighted by Crippen LogP contribution is 2.34. The number of rotatable bonds is 5. The van der Waals surface area contributed by atoms with Gasteiger partial charge in [0.2, 0.25) is 17.8 Å². The number of nitrogens with two attached hydrogens (primary N) is 1. The van der Waals surface area contributed by atoms with E-state index in [1.54, 1.807) is 7.11 Å². The summed E-state index contributed by atoms with van der Waals surface area (Å²) in [6, 6.07) is 0. The number of hydrogen-bond acceptors (Lipinski definition) is 7. The van der Waals surface area contributed by atoms with E-state index in [9.17, 15) is 0 Å². The van der Waals surface area contributed by atoms with Gasteiger partial charge in [0.25, 0.3) is 0 Å². The molecule has 0 bridgehead atoms. The molecule has 1 aliphatic heterocycles. The highest BCUT2D eigenvalue weighted by atomic mass is 16.5. The first kappa shape index (κ1) is 14.3. The number of nitrogen functional groups attached to an aromatic ring is 1. The molecule has 7 nitrogen and oxygen atoms in total. The van der Waals surface area contributed by atoms with Crippen LogP contribution in [0.15, 0.2) is 0 Å². The first-order valence-electron chi connectivity index (χ1n) is 7.76. The summed E-state index contributed by atoms with van der Waals surface area (Å²) in [6.07, 6.45) is 7.01. The number of anilines is 3. The number of nitrogens with one attached hydrogen (secondary N) is 1. The molecular weight excluding hydrogens is 268 g/mol. The third kappa shape index (κ3) is 3.18. The minimum atomic E-state index is -0.0628. The fourth-order valence-corrected chi connectivity index (χ4v) is 2.96. The number of piperidine rings is 1. The normalized spacial score (nSPS) is 20.9. The SMILES string of the molecule is COC1(CNc2nc(N)nc(N3CCCCC3)n2)CCC1. The van der Waals surface area contributed by atoms with Crippen molar-refractivity contribution in [3.8, 4) is 0 Å². The first-order chi connectivity index (χ1) is 10.2. The Kier molecular flexibility index (Phi) is 4.10. The van der Waals surface area contributed by atoms with Crippen LogP contribution in [-0.2, 0) is 4.74 Å². The summed E-state index contributed by atoms with van der Waals surface area (Å²) in [5, 5.41) is 3.26. The molecule has 21 heavy (non-hydrogen) atoms. The molecule has 1 saturated carbocycles. The van der Waals surface area contributed by atoms with E-state index >= 15 is 0 Å². The molecule has 2 aliphatic rings. The Hall–Kier alpha value is -1.63. The summed E-state index contributed by atoms with van der Waals surface area (Å²) < 4.78 is 5.60. The van der Waals surface area contributed by atoms with Crippen LogP contribution in [0.2, 0.25) is 0 Å². The molecule has 2 fully saturated rings. The molecule has 1 aromatic rings. The maximum Gasteiger partial charge on any atom is 0.231 e. The number of nitrogens with zero attached hydrogens (tertiary/aromatic N) is 4. The number of ether oxygens (including phenoxy) is 1. The number of hydrogen-bond donors (Lipinski definition) is 2. The number of aromatic nitrogens is 3. The summed E-state index contributed by atoms with van der Waals surface area (Å²) in [5.41, 5.74) is 5.76. The zero-order chi connectivity index (χ0) is 14.7. The van der Waals surface area contributed by atoms with Crippen LogP contribution in [0.1, 0.15) is 38.5 Å². The van der Waals surface area contributed by atoms with Crippen molar-refractivity contribution >= 4 is 17.8 Å². The molecule has 7 heteroatoms. The third-order valence-corrected chi connectivity index (χ3v) is 4.55. The third-order valence-electron chi connectivity index (χ3n) is 4.55. The maximum atomic E-state index is 5.82. The Morgan fingerprint density at radius 3 is 2.52 bits per heavy atom. The zero-order valence-corrected chi connectivity index (χ0v) is 12.6. The van der Waals surface area contributed by atoms with Gasteiger partial charge in [0.05, 0.1) is 5.60 Å². The van der Waals surface area contributed by atoms with Crippen molar-refractivity contribution in [1.82, 2.24) is 15.0 Å². The molecular formula is C14H24N6O. The smallest absolute Gasteiger partial charge is 0.231 e. The van der Waals surface area contributed by atoms with Crippen LogP contribution < -0.4 is 16.0 Å². The van der Waals surface area contributed by atoms with E-state index in [1.165, 1.54) is 25.7 Å². The van der Waals surface area contributed by atoms with Crippen molar-refractivity contribution in [2.24, 2.45) is 0 Å². The van der Waals surface area contributed by atoms with E-state index in [0.717, 1.165) is 25.9 Å². The van der Waals surface area contributed by atoms with Crippen molar-refractivity contribution < 1.29 is 4.74 Å². The van der Waals surface area contributed by atoms with Crippen molar-refractivity contribution in [3.05, 3.63) is 0 Å². The Labute approximate surface area is 125 Å². The van der Waals surface area contributed by atoms with Crippen LogP contribution in [-0.4, -0.2) is 47.3 Å². The highest BCUT2D eigenvalue weighted by molar-refractivity contribution is 5.42. The van der Waals surface area contributed by atoms with Gasteiger partial charge >= 0.3 is 0 Å². The molecule has 0 radical (unpaired) electrons. The average Bonchev–Trinajstić information content (AvgIpc) is 2.47. The lowest BCUT2D eigenvalue weighted by Gasteiger charge is -2.40. The Balaban J connectivity index is 1.68. The quantitative estimate of drug-likeness (QED) is 0.848. The molecule has 0 unspecified atom stereocenters. The van der Waals surface area contributed by atoms with Crippen LogP contribution in [0.3, 0.4) is 0 Å². The lowest BCUT2D eigenvalue weighted by atomic mass is 9.80. The van der Waals surface area contributed by atoms with Gasteiger partial charge in [-0.1, -0.05) is 0 Å². The maximum absolute atomic E-state index is 5.82. The summed E-state index contributed by atoms with van der Waals surface area (Å²) >= 11 is 0. The van der Waals surface area contributed by atoms with Crippen molar-refractivity contribution in [2.75, 3.05) is 42.7 Å². The summed E-state index contributed by atoms with van der Waals surface area (Å²) in [6.45, 7) is 2.70. The summed E-state index contributed by atoms with van der Waals surface area (Å²) in [7, 11) is 1.77. The topological polar surface area (TPSA) is 89.2 Å². The van der Waals surface area contributed by atoms with Gasteiger partial charge < -0.3 is 20.7 Å². The Morgan fingerprint density at radius 1 is 1.14 bits per heavy atom. The van der Waals surface area contributed by atoms with E-state index in [4.69, 9.17) is 10.5 Å². The molecule has 3 rings (SSSR count). The second kappa shape index (κ2) is 6.01. The van der Waals surface area contributed by atoms with Gasteiger partial charge in [-0.2, -0.15) is 15.0 Å². The van der Waals surface area contributed by atoms with E-state index in [2.05, 4.69) is 25.2 Å². The molecule has 1 saturated heterocycles. The van der Waals surface area contributed by atoms with Gasteiger partial charge in [0.15, 0.2) is 0 Å². The van der Waals surface area contributed by atoms with Crippen LogP contribution in [0.4, 0.5) is 17.8 Å². The zero-order valence-electron chi connectivity index (χ0n) is 12.6. The Bertz CT molecular complexity index is 479. The Morgan fingerprint density at radius 2 is 1.90 bits per heavy atom. The van der Waals surface area contributed by atoms with Crippen molar-refractivity contribution in [2.45, 2.75) is 44.1 Å². The summed E-state index contributed by atoms with van der Waals surface area (Å²) in [5.74, 6) is 1.50. The largest absolute Gasteiger partial charge is 0.376 e. The van der Waals surface area contributed by atoms with E-state index < -0.39 is 0 Å². The predicted octanol–water partition coefficient (Wildman–Crippen LogP) is 1.43. The van der Waals surface area contributed by atoms with Crippen LogP contribution >= 0.6 is 0 Å². The lowest BCUT2D eigenvalue weighted by molar-refractivity contribution is -0.0602. The van der Waals surface area contributed by atoms with Crippen LogP contribution in [0.25, 0.3) is 0 Å². The first-order valence-corrected chi connectivity index (χ1v) is 7.76. The van der Waals surface area contributed by atoms with Crippen LogP contribution in [0.5, 0.6) is 0 Å². The summed E-state index contributed by atoms with van der Waals surface area (Å²) in [4.78, 5) is 15.1. The molecule has 3 N–H and O–H groups in total. The van der Waals surface area contributed by atoms with E-state index in [-0.39, 0.29) is 11.5 Å². The second-order valence-corrected chi connectivity index (χ2v) is 5.96. The second-order valence-electron chi connectivity index (χ2n) is 5.96. The number of methoxy groups -OCH3 is 1. The van der Waals surface area contributed by atoms with Gasteiger partial charge in [0.1, 0.15) is 0 Å². The average molecular weight is 292 g/mol. The van der Waals surface area contributed by atoms with Crippen molar-refractivity contribution in [3.63, 3.8) is 0 Å². The lowest BCUT2D eigenvalue weighted by Crippen LogP contribution is -2.45. The molecule has 1 aliphatic carbocycles. The fraction of sp³-hybridized carbons (Fsp3) is 0.786. The predicted molar refractivity (Wildman–Crippen MR) is 82.4 cm³/mol. The standard InChI is InChI=1S/C14H24N6O/c1-21-14(6-5-7-14)10-16-12-17-11(15)18-13(19-12)20-8-3-2-4-9-20/h2-10H2,1H3,(H3,15,16,17,18,19). The minimum Gasteiger partial charge on any atom is -0.376 e. The van der Waals surface area contributed by atoms with Gasteiger partial charge in [-0.25, -0.2) is 0 Å². The molecule has 0 atom stereocenters. The van der Waals surface area contributed by atoms with E-state index in [1.807, 2.05) is 0 Å². The monoisotopic (exact) mass is 292 g/mol. The van der Waals surface area contributed by atoms with Crippen LogP contribution in [0, 0.1) is 0 Å². The van der Waals surface area contributed by atoms with E-state index in [0.29, 0.717) is 18.4 Å². The fourth-order valence-electron chi connectivity index (χ4n) is 2.96. The molecule has 1 aromatic heterocycles. The molecule has 0 amide bonds. The van der Waals surface area contributed by atoms with Gasteiger partial charge in [0, 0.05) is 26.7 Å². The molecule has 0 spiro atoms.